The van der Waals surface area contributed by atoms with E-state index in [4.69, 9.17) is 20.2 Å². The van der Waals surface area contributed by atoms with E-state index in [0.29, 0.717) is 25.6 Å². The van der Waals surface area contributed by atoms with Gasteiger partial charge in [-0.1, -0.05) is 38.1 Å². The van der Waals surface area contributed by atoms with Crippen LogP contribution in [0.2, 0.25) is 0 Å². The van der Waals surface area contributed by atoms with E-state index in [0.717, 1.165) is 45.6 Å². The maximum atomic E-state index is 12.5. The Morgan fingerprint density at radius 2 is 1.75 bits per heavy atom. The third kappa shape index (κ3) is 8.91. The molecule has 0 saturated heterocycles. The number of amides is 1. The molecule has 0 aliphatic rings. The van der Waals surface area contributed by atoms with Gasteiger partial charge in [0.2, 0.25) is 0 Å². The molecule has 0 fully saturated rings. The minimum absolute atomic E-state index is 0.0953. The Bertz CT molecular complexity index is 1030. The Morgan fingerprint density at radius 1 is 1.08 bits per heavy atom. The molecule has 1 heterocycles. The number of rotatable bonds is 11. The smallest absolute Gasteiger partial charge is 0.407 e. The number of carbonyl (C=O) groups is 2. The number of aryl methyl sites for hydroxylation is 1. The minimum atomic E-state index is -0.598. The summed E-state index contributed by atoms with van der Waals surface area (Å²) >= 11 is 0. The summed E-state index contributed by atoms with van der Waals surface area (Å²) in [6.45, 7) is 15.1. The summed E-state index contributed by atoms with van der Waals surface area (Å²) in [5.74, 6) is 0.0673. The Kier molecular flexibility index (Phi) is 10.9. The van der Waals surface area contributed by atoms with Gasteiger partial charge < -0.3 is 25.8 Å². The van der Waals surface area contributed by atoms with Crippen molar-refractivity contribution in [1.29, 1.82) is 0 Å². The molecular weight excluding hydrogens is 456 g/mol. The lowest BCUT2D eigenvalue weighted by Crippen LogP contribution is -2.33. The van der Waals surface area contributed by atoms with E-state index < -0.39 is 11.7 Å². The van der Waals surface area contributed by atoms with Gasteiger partial charge in [0, 0.05) is 36.6 Å². The summed E-state index contributed by atoms with van der Waals surface area (Å²) in [6.07, 6.45) is 0.279. The highest BCUT2D eigenvalue weighted by molar-refractivity contribution is 5.75. The third-order valence-corrected chi connectivity index (χ3v) is 5.46. The van der Waals surface area contributed by atoms with Gasteiger partial charge in [0.25, 0.3) is 0 Å². The minimum Gasteiger partial charge on any atom is -0.465 e. The molecule has 36 heavy (non-hydrogen) atoms. The molecule has 0 atom stereocenters. The zero-order chi connectivity index (χ0) is 26.9. The second kappa shape index (κ2) is 13.4. The van der Waals surface area contributed by atoms with E-state index in [1.165, 1.54) is 0 Å². The number of carbonyl (C=O) groups excluding carboxylic acids is 2. The van der Waals surface area contributed by atoms with Gasteiger partial charge in [-0.25, -0.2) is 4.79 Å². The van der Waals surface area contributed by atoms with Crippen molar-refractivity contribution >= 4 is 12.1 Å². The fraction of sp³-hybridized carbons (Fsp3) is 0.536. The van der Waals surface area contributed by atoms with Crippen LogP contribution in [-0.2, 0) is 40.3 Å². The number of esters is 1. The largest absolute Gasteiger partial charge is 0.465 e. The van der Waals surface area contributed by atoms with Crippen molar-refractivity contribution in [3.63, 3.8) is 0 Å². The number of hydrogen-bond acceptors (Lipinski definition) is 7. The van der Waals surface area contributed by atoms with Gasteiger partial charge in [0.1, 0.15) is 5.60 Å². The highest BCUT2D eigenvalue weighted by atomic mass is 16.6. The van der Waals surface area contributed by atoms with E-state index in [-0.39, 0.29) is 19.1 Å². The van der Waals surface area contributed by atoms with Crippen LogP contribution in [0.5, 0.6) is 0 Å². The average molecular weight is 499 g/mol. The molecule has 0 spiro atoms. The van der Waals surface area contributed by atoms with Crippen molar-refractivity contribution in [2.75, 3.05) is 13.2 Å². The standard InChI is InChI=1S/C28H42N4O4/c1-8-35-25(33)17-30-15-22-19(4)32-24(13-18(2)3)23(16-31-27(34)36-28(5,6)7)26(22)21-11-9-20(14-29)10-12-21/h9-12,18,30H,8,13-17,29H2,1-7H3,(H,31,34). The summed E-state index contributed by atoms with van der Waals surface area (Å²) in [7, 11) is 0. The third-order valence-electron chi connectivity index (χ3n) is 5.46. The molecule has 4 N–H and O–H groups in total. The average Bonchev–Trinajstić information content (AvgIpc) is 2.78. The Hall–Kier alpha value is -2.97. The molecule has 8 heteroatoms. The van der Waals surface area contributed by atoms with Crippen LogP contribution in [0.25, 0.3) is 11.1 Å². The van der Waals surface area contributed by atoms with E-state index in [1.807, 2.05) is 52.0 Å². The van der Waals surface area contributed by atoms with E-state index in [1.54, 1.807) is 6.92 Å². The SMILES string of the molecule is CCOC(=O)CNCc1c(C)nc(CC(C)C)c(CNC(=O)OC(C)(C)C)c1-c1ccc(CN)cc1. The van der Waals surface area contributed by atoms with Gasteiger partial charge in [0.15, 0.2) is 0 Å². The molecule has 2 rings (SSSR count). The quantitative estimate of drug-likeness (QED) is 0.394. The topological polar surface area (TPSA) is 116 Å². The van der Waals surface area contributed by atoms with Crippen LogP contribution >= 0.6 is 0 Å². The normalized spacial score (nSPS) is 11.5. The fourth-order valence-electron chi connectivity index (χ4n) is 3.94. The van der Waals surface area contributed by atoms with Gasteiger partial charge in [-0.3, -0.25) is 9.78 Å². The van der Waals surface area contributed by atoms with Gasteiger partial charge in [0.05, 0.1) is 13.2 Å². The van der Waals surface area contributed by atoms with Gasteiger partial charge >= 0.3 is 12.1 Å². The molecule has 1 aromatic carbocycles. The summed E-state index contributed by atoms with van der Waals surface area (Å²) < 4.78 is 10.5. The van der Waals surface area contributed by atoms with Crippen molar-refractivity contribution < 1.29 is 19.1 Å². The number of alkyl carbamates (subject to hydrolysis) is 1. The summed E-state index contributed by atoms with van der Waals surface area (Å²) in [5, 5.41) is 6.12. The number of pyridine rings is 1. The van der Waals surface area contributed by atoms with Crippen molar-refractivity contribution in [3.05, 3.63) is 52.3 Å². The highest BCUT2D eigenvalue weighted by Crippen LogP contribution is 2.33. The maximum absolute atomic E-state index is 12.5. The molecule has 0 aliphatic carbocycles. The first-order valence-corrected chi connectivity index (χ1v) is 12.6. The molecular formula is C28H42N4O4. The molecule has 1 amide bonds. The zero-order valence-electron chi connectivity index (χ0n) is 22.8. The van der Waals surface area contributed by atoms with Crippen LogP contribution in [0, 0.1) is 12.8 Å². The molecule has 198 valence electrons. The number of benzene rings is 1. The lowest BCUT2D eigenvalue weighted by molar-refractivity contribution is -0.142. The van der Waals surface area contributed by atoms with Gasteiger partial charge in [-0.15, -0.1) is 0 Å². The Balaban J connectivity index is 2.57. The molecule has 0 bridgehead atoms. The molecule has 0 unspecified atom stereocenters. The van der Waals surface area contributed by atoms with Gasteiger partial charge in [-0.2, -0.15) is 0 Å². The van der Waals surface area contributed by atoms with Crippen LogP contribution in [0.1, 0.15) is 69.6 Å². The molecule has 0 saturated carbocycles. The summed E-state index contributed by atoms with van der Waals surface area (Å²) in [5.41, 5.74) is 12.0. The lowest BCUT2D eigenvalue weighted by Gasteiger charge is -2.24. The fourth-order valence-corrected chi connectivity index (χ4v) is 3.94. The summed E-state index contributed by atoms with van der Waals surface area (Å²) in [4.78, 5) is 29.4. The molecule has 1 aromatic heterocycles. The number of nitrogens with one attached hydrogen (secondary N) is 2. The predicted molar refractivity (Wildman–Crippen MR) is 142 cm³/mol. The van der Waals surface area contributed by atoms with Crippen molar-refractivity contribution in [1.82, 2.24) is 15.6 Å². The van der Waals surface area contributed by atoms with Crippen LogP contribution < -0.4 is 16.4 Å². The molecule has 0 radical (unpaired) electrons. The van der Waals surface area contributed by atoms with Crippen molar-refractivity contribution in [3.8, 4) is 11.1 Å². The van der Waals surface area contributed by atoms with E-state index in [2.05, 4.69) is 24.5 Å². The molecule has 0 aliphatic heterocycles. The lowest BCUT2D eigenvalue weighted by atomic mass is 9.89. The predicted octanol–water partition coefficient (Wildman–Crippen LogP) is 4.39. The number of aromatic nitrogens is 1. The number of hydrogen-bond donors (Lipinski definition) is 3. The van der Waals surface area contributed by atoms with Crippen LogP contribution in [0.3, 0.4) is 0 Å². The van der Waals surface area contributed by atoms with Gasteiger partial charge in [-0.05, 0) is 69.2 Å². The Labute approximate surface area is 215 Å². The second-order valence-corrected chi connectivity index (χ2v) is 10.2. The van der Waals surface area contributed by atoms with Crippen LogP contribution in [0.15, 0.2) is 24.3 Å². The first-order chi connectivity index (χ1) is 16.9. The number of nitrogens with zero attached hydrogens (tertiary/aromatic N) is 1. The second-order valence-electron chi connectivity index (χ2n) is 10.2. The van der Waals surface area contributed by atoms with Crippen LogP contribution in [-0.4, -0.2) is 35.8 Å². The Morgan fingerprint density at radius 3 is 2.31 bits per heavy atom. The number of ether oxygens (including phenoxy) is 2. The maximum Gasteiger partial charge on any atom is 0.407 e. The number of nitrogens with two attached hydrogens (primary N) is 1. The summed E-state index contributed by atoms with van der Waals surface area (Å²) in [6, 6.07) is 8.10. The zero-order valence-corrected chi connectivity index (χ0v) is 22.8. The van der Waals surface area contributed by atoms with Crippen molar-refractivity contribution in [2.24, 2.45) is 11.7 Å². The first kappa shape index (κ1) is 29.3. The van der Waals surface area contributed by atoms with E-state index >= 15 is 0 Å². The molecule has 8 nitrogen and oxygen atoms in total. The van der Waals surface area contributed by atoms with Crippen LogP contribution in [0.4, 0.5) is 4.79 Å². The highest BCUT2D eigenvalue weighted by Gasteiger charge is 2.22. The van der Waals surface area contributed by atoms with Crippen molar-refractivity contribution in [2.45, 2.75) is 80.1 Å². The molecule has 2 aromatic rings. The van der Waals surface area contributed by atoms with E-state index in [9.17, 15) is 9.59 Å². The monoisotopic (exact) mass is 498 g/mol. The first-order valence-electron chi connectivity index (χ1n) is 12.6.